The minimum atomic E-state index is -4.11. The van der Waals surface area contributed by atoms with E-state index in [-0.39, 0.29) is 0 Å². The van der Waals surface area contributed by atoms with E-state index in [0.29, 0.717) is 19.7 Å². The van der Waals surface area contributed by atoms with Crippen molar-refractivity contribution in [1.82, 2.24) is 10.2 Å². The first-order valence-corrected chi connectivity index (χ1v) is 5.15. The maximum atomic E-state index is 11.8. The zero-order valence-electron chi connectivity index (χ0n) is 8.65. The first-order valence-electron chi connectivity index (χ1n) is 5.15. The van der Waals surface area contributed by atoms with Gasteiger partial charge in [0.2, 0.25) is 0 Å². The molecule has 15 heavy (non-hydrogen) atoms. The summed E-state index contributed by atoms with van der Waals surface area (Å²) in [5.74, 6) is 0. The maximum Gasteiger partial charge on any atom is 0.401 e. The average Bonchev–Trinajstić information content (AvgIpc) is 2.39. The molecule has 0 aromatic carbocycles. The highest BCUT2D eigenvalue weighted by molar-refractivity contribution is 4.63. The molecule has 0 saturated carbocycles. The van der Waals surface area contributed by atoms with Gasteiger partial charge in [0.15, 0.2) is 0 Å². The van der Waals surface area contributed by atoms with Gasteiger partial charge in [-0.1, -0.05) is 0 Å². The van der Waals surface area contributed by atoms with Gasteiger partial charge in [-0.15, -0.1) is 0 Å². The fourth-order valence-corrected chi connectivity index (χ4v) is 1.49. The smallest absolute Gasteiger partial charge is 0.380 e. The van der Waals surface area contributed by atoms with Crippen molar-refractivity contribution in [2.75, 3.05) is 45.9 Å². The summed E-state index contributed by atoms with van der Waals surface area (Å²) in [6.45, 7) is 3.28. The first kappa shape index (κ1) is 12.7. The number of hydrogen-bond acceptors (Lipinski definition) is 3. The third kappa shape index (κ3) is 6.70. The molecule has 0 spiro atoms. The van der Waals surface area contributed by atoms with Gasteiger partial charge in [-0.3, -0.25) is 4.90 Å². The normalized spacial score (nSPS) is 20.2. The molecule has 3 nitrogen and oxygen atoms in total. The number of halogens is 3. The standard InChI is InChI=1S/C9H17F3N2O/c10-9(11,12)8-13-2-4-14-3-1-6-15-7-5-14/h13H,1-8H2. The fourth-order valence-electron chi connectivity index (χ4n) is 1.49. The van der Waals surface area contributed by atoms with Crippen molar-refractivity contribution in [1.29, 1.82) is 0 Å². The molecule has 1 saturated heterocycles. The van der Waals surface area contributed by atoms with Crippen LogP contribution in [-0.4, -0.2) is 57.0 Å². The van der Waals surface area contributed by atoms with Gasteiger partial charge in [0.25, 0.3) is 0 Å². The largest absolute Gasteiger partial charge is 0.401 e. The summed E-state index contributed by atoms with van der Waals surface area (Å²) >= 11 is 0. The van der Waals surface area contributed by atoms with Crippen LogP contribution in [0.1, 0.15) is 6.42 Å². The van der Waals surface area contributed by atoms with Crippen LogP contribution in [0.2, 0.25) is 0 Å². The van der Waals surface area contributed by atoms with Crippen LogP contribution < -0.4 is 5.32 Å². The number of nitrogens with one attached hydrogen (secondary N) is 1. The Morgan fingerprint density at radius 1 is 1.20 bits per heavy atom. The van der Waals surface area contributed by atoms with E-state index in [2.05, 4.69) is 10.2 Å². The Morgan fingerprint density at radius 2 is 2.00 bits per heavy atom. The molecule has 1 aliphatic heterocycles. The predicted molar refractivity (Wildman–Crippen MR) is 50.8 cm³/mol. The minimum Gasteiger partial charge on any atom is -0.380 e. The molecule has 0 amide bonds. The summed E-state index contributed by atoms with van der Waals surface area (Å²) in [7, 11) is 0. The number of ether oxygens (including phenoxy) is 1. The van der Waals surface area contributed by atoms with Gasteiger partial charge in [0, 0.05) is 32.8 Å². The predicted octanol–water partition coefficient (Wildman–Crippen LogP) is 0.861. The molecule has 0 bridgehead atoms. The van der Waals surface area contributed by atoms with Crippen molar-refractivity contribution in [2.24, 2.45) is 0 Å². The molecule has 1 heterocycles. The van der Waals surface area contributed by atoms with Gasteiger partial charge in [-0.05, 0) is 6.42 Å². The quantitative estimate of drug-likeness (QED) is 0.720. The molecule has 1 fully saturated rings. The van der Waals surface area contributed by atoms with Crippen molar-refractivity contribution < 1.29 is 17.9 Å². The number of rotatable bonds is 4. The van der Waals surface area contributed by atoms with Crippen LogP contribution in [0.3, 0.4) is 0 Å². The Morgan fingerprint density at radius 3 is 2.73 bits per heavy atom. The molecule has 6 heteroatoms. The third-order valence-electron chi connectivity index (χ3n) is 2.25. The van der Waals surface area contributed by atoms with Crippen molar-refractivity contribution in [3.8, 4) is 0 Å². The highest BCUT2D eigenvalue weighted by atomic mass is 19.4. The van der Waals surface area contributed by atoms with E-state index in [9.17, 15) is 13.2 Å². The second kappa shape index (κ2) is 6.30. The highest BCUT2D eigenvalue weighted by Crippen LogP contribution is 2.11. The van der Waals surface area contributed by atoms with Gasteiger partial charge < -0.3 is 10.1 Å². The van der Waals surface area contributed by atoms with Crippen LogP contribution in [0.25, 0.3) is 0 Å². The van der Waals surface area contributed by atoms with E-state index in [1.807, 2.05) is 0 Å². The number of nitrogens with zero attached hydrogens (tertiary/aromatic N) is 1. The van der Waals surface area contributed by atoms with Gasteiger partial charge >= 0.3 is 6.18 Å². The van der Waals surface area contributed by atoms with Gasteiger partial charge in [-0.25, -0.2) is 0 Å². The zero-order chi connectivity index (χ0) is 11.1. The minimum absolute atomic E-state index is 0.375. The van der Waals surface area contributed by atoms with Crippen LogP contribution >= 0.6 is 0 Å². The summed E-state index contributed by atoms with van der Waals surface area (Å²) in [4.78, 5) is 2.12. The van der Waals surface area contributed by atoms with Gasteiger partial charge in [0.05, 0.1) is 13.2 Å². The Balaban J connectivity index is 2.03. The molecule has 0 atom stereocenters. The first-order chi connectivity index (χ1) is 7.08. The lowest BCUT2D eigenvalue weighted by Gasteiger charge is -2.19. The van der Waals surface area contributed by atoms with Crippen molar-refractivity contribution in [3.05, 3.63) is 0 Å². The Bertz CT molecular complexity index is 167. The van der Waals surface area contributed by atoms with Crippen LogP contribution in [-0.2, 0) is 4.74 Å². The summed E-state index contributed by atoms with van der Waals surface area (Å²) in [5, 5.41) is 2.39. The number of alkyl halides is 3. The lowest BCUT2D eigenvalue weighted by Crippen LogP contribution is -2.37. The second-order valence-corrected chi connectivity index (χ2v) is 3.60. The van der Waals surface area contributed by atoms with Crippen LogP contribution in [0, 0.1) is 0 Å². The van der Waals surface area contributed by atoms with Gasteiger partial charge in [0.1, 0.15) is 0 Å². The van der Waals surface area contributed by atoms with E-state index >= 15 is 0 Å². The second-order valence-electron chi connectivity index (χ2n) is 3.60. The van der Waals surface area contributed by atoms with Crippen LogP contribution in [0.5, 0.6) is 0 Å². The third-order valence-corrected chi connectivity index (χ3v) is 2.25. The Kier molecular flexibility index (Phi) is 5.35. The lowest BCUT2D eigenvalue weighted by atomic mass is 10.4. The molecule has 0 radical (unpaired) electrons. The molecular weight excluding hydrogens is 209 g/mol. The van der Waals surface area contributed by atoms with E-state index in [1.54, 1.807) is 0 Å². The summed E-state index contributed by atoms with van der Waals surface area (Å²) < 4.78 is 40.6. The van der Waals surface area contributed by atoms with Crippen LogP contribution in [0.4, 0.5) is 13.2 Å². The topological polar surface area (TPSA) is 24.5 Å². The average molecular weight is 226 g/mol. The van der Waals surface area contributed by atoms with E-state index in [0.717, 1.165) is 26.1 Å². The van der Waals surface area contributed by atoms with Crippen LogP contribution in [0.15, 0.2) is 0 Å². The zero-order valence-corrected chi connectivity index (χ0v) is 8.65. The molecule has 0 aliphatic carbocycles. The highest BCUT2D eigenvalue weighted by Gasteiger charge is 2.26. The van der Waals surface area contributed by atoms with Crippen molar-refractivity contribution in [2.45, 2.75) is 12.6 Å². The molecule has 1 rings (SSSR count). The molecule has 90 valence electrons. The van der Waals surface area contributed by atoms with Gasteiger partial charge in [-0.2, -0.15) is 13.2 Å². The van der Waals surface area contributed by atoms with Crippen molar-refractivity contribution >= 4 is 0 Å². The SMILES string of the molecule is FC(F)(F)CNCCN1CCCOCC1. The van der Waals surface area contributed by atoms with E-state index < -0.39 is 12.7 Å². The molecule has 0 aromatic heterocycles. The number of hydrogen-bond donors (Lipinski definition) is 1. The molecular formula is C9H17F3N2O. The summed E-state index contributed by atoms with van der Waals surface area (Å²) in [6.07, 6.45) is -3.15. The molecule has 1 N–H and O–H groups in total. The molecule has 1 aliphatic rings. The Labute approximate surface area is 87.6 Å². The molecule has 0 aromatic rings. The fraction of sp³-hybridized carbons (Fsp3) is 1.00. The summed E-state index contributed by atoms with van der Waals surface area (Å²) in [6, 6.07) is 0. The maximum absolute atomic E-state index is 11.8. The molecule has 0 unspecified atom stereocenters. The van der Waals surface area contributed by atoms with E-state index in [1.165, 1.54) is 0 Å². The van der Waals surface area contributed by atoms with Crippen molar-refractivity contribution in [3.63, 3.8) is 0 Å². The lowest BCUT2D eigenvalue weighted by molar-refractivity contribution is -0.124. The van der Waals surface area contributed by atoms with E-state index in [4.69, 9.17) is 4.74 Å². The monoisotopic (exact) mass is 226 g/mol. The Hall–Kier alpha value is -0.330. The summed E-state index contributed by atoms with van der Waals surface area (Å²) in [5.41, 5.74) is 0.